The molecule has 0 aliphatic carbocycles. The van der Waals surface area contributed by atoms with Crippen LogP contribution in [0.4, 0.5) is 0 Å². The van der Waals surface area contributed by atoms with Gasteiger partial charge in [0.05, 0.1) is 30.0 Å². The Morgan fingerprint density at radius 2 is 2.47 bits per heavy atom. The van der Waals surface area contributed by atoms with E-state index in [0.717, 1.165) is 12.8 Å². The fourth-order valence-electron chi connectivity index (χ4n) is 2.45. The zero-order valence-corrected chi connectivity index (χ0v) is 10.7. The molecular formula is C14H17N3O2. The van der Waals surface area contributed by atoms with Crippen LogP contribution in [-0.2, 0) is 6.42 Å². The molecule has 1 aliphatic heterocycles. The lowest BCUT2D eigenvalue weighted by Crippen LogP contribution is -2.38. The standard InChI is InChI=1S/C14H17N3O2/c15-7-1-6-13-12(5-2-8-16-13)14(19)17-9-3-4-11(17)10-18/h2,5,8,11,18H,1,3-4,6,9-10H2/t11-/m0/s1. The molecule has 0 spiro atoms. The smallest absolute Gasteiger partial charge is 0.256 e. The molecule has 0 bridgehead atoms. The molecule has 1 fully saturated rings. The number of aliphatic hydroxyl groups is 1. The van der Waals surface area contributed by atoms with Crippen molar-refractivity contribution in [2.45, 2.75) is 31.7 Å². The van der Waals surface area contributed by atoms with Crippen LogP contribution in [-0.4, -0.2) is 40.1 Å². The number of nitrogens with zero attached hydrogens (tertiary/aromatic N) is 3. The maximum atomic E-state index is 12.5. The first-order chi connectivity index (χ1) is 9.27. The Labute approximate surface area is 112 Å². The van der Waals surface area contributed by atoms with Crippen LogP contribution in [0.1, 0.15) is 35.3 Å². The van der Waals surface area contributed by atoms with E-state index < -0.39 is 0 Å². The van der Waals surface area contributed by atoms with Crippen LogP contribution in [0, 0.1) is 11.3 Å². The van der Waals surface area contributed by atoms with Crippen LogP contribution in [0.15, 0.2) is 18.3 Å². The van der Waals surface area contributed by atoms with E-state index in [1.54, 1.807) is 23.2 Å². The number of aromatic nitrogens is 1. The molecule has 1 saturated heterocycles. The summed E-state index contributed by atoms with van der Waals surface area (Å²) in [6.07, 6.45) is 4.23. The maximum absolute atomic E-state index is 12.5. The molecule has 5 heteroatoms. The third kappa shape index (κ3) is 2.91. The van der Waals surface area contributed by atoms with Crippen molar-refractivity contribution in [1.29, 1.82) is 5.26 Å². The molecule has 1 N–H and O–H groups in total. The average Bonchev–Trinajstić information content (AvgIpc) is 2.93. The van der Waals surface area contributed by atoms with E-state index in [1.165, 1.54) is 0 Å². The number of likely N-dealkylation sites (tertiary alicyclic amines) is 1. The van der Waals surface area contributed by atoms with E-state index in [4.69, 9.17) is 5.26 Å². The summed E-state index contributed by atoms with van der Waals surface area (Å²) in [7, 11) is 0. The first-order valence-corrected chi connectivity index (χ1v) is 6.50. The molecule has 1 aromatic rings. The minimum Gasteiger partial charge on any atom is -0.394 e. The fraction of sp³-hybridized carbons (Fsp3) is 0.500. The Morgan fingerprint density at radius 1 is 1.63 bits per heavy atom. The number of carbonyl (C=O) groups is 1. The molecule has 2 rings (SSSR count). The van der Waals surface area contributed by atoms with E-state index in [-0.39, 0.29) is 18.6 Å². The lowest BCUT2D eigenvalue weighted by atomic mass is 10.1. The molecule has 0 saturated carbocycles. The maximum Gasteiger partial charge on any atom is 0.256 e. The normalized spacial score (nSPS) is 18.3. The van der Waals surface area contributed by atoms with Gasteiger partial charge in [-0.3, -0.25) is 9.78 Å². The van der Waals surface area contributed by atoms with Crippen LogP contribution in [0.2, 0.25) is 0 Å². The predicted octanol–water partition coefficient (Wildman–Crippen LogP) is 1.13. The molecule has 2 heterocycles. The van der Waals surface area contributed by atoms with Gasteiger partial charge in [0, 0.05) is 25.6 Å². The zero-order chi connectivity index (χ0) is 13.7. The van der Waals surface area contributed by atoms with E-state index in [2.05, 4.69) is 11.1 Å². The SMILES string of the molecule is N#CCCc1ncccc1C(=O)N1CCC[C@H]1CO. The topological polar surface area (TPSA) is 77.2 Å². The van der Waals surface area contributed by atoms with Gasteiger partial charge in [0.15, 0.2) is 0 Å². The van der Waals surface area contributed by atoms with Crippen molar-refractivity contribution < 1.29 is 9.90 Å². The van der Waals surface area contributed by atoms with E-state index >= 15 is 0 Å². The van der Waals surface area contributed by atoms with Crippen molar-refractivity contribution in [2.24, 2.45) is 0 Å². The van der Waals surface area contributed by atoms with Gasteiger partial charge in [-0.1, -0.05) is 0 Å². The highest BCUT2D eigenvalue weighted by Crippen LogP contribution is 2.21. The third-order valence-corrected chi connectivity index (χ3v) is 3.44. The zero-order valence-electron chi connectivity index (χ0n) is 10.7. The second kappa shape index (κ2) is 6.30. The minimum atomic E-state index is -0.0866. The predicted molar refractivity (Wildman–Crippen MR) is 69.3 cm³/mol. The van der Waals surface area contributed by atoms with Gasteiger partial charge in [-0.05, 0) is 25.0 Å². The second-order valence-electron chi connectivity index (χ2n) is 4.63. The minimum absolute atomic E-state index is 0.000465. The highest BCUT2D eigenvalue weighted by Gasteiger charge is 2.29. The number of carbonyl (C=O) groups excluding carboxylic acids is 1. The van der Waals surface area contributed by atoms with Gasteiger partial charge >= 0.3 is 0 Å². The molecule has 1 atom stereocenters. The summed E-state index contributed by atoms with van der Waals surface area (Å²) in [5, 5.41) is 17.9. The van der Waals surface area contributed by atoms with Gasteiger partial charge < -0.3 is 10.0 Å². The molecule has 1 aromatic heterocycles. The third-order valence-electron chi connectivity index (χ3n) is 3.44. The van der Waals surface area contributed by atoms with E-state index in [9.17, 15) is 9.90 Å². The number of hydrogen-bond acceptors (Lipinski definition) is 4. The monoisotopic (exact) mass is 259 g/mol. The average molecular weight is 259 g/mol. The Hall–Kier alpha value is -1.93. The second-order valence-corrected chi connectivity index (χ2v) is 4.63. The molecule has 1 aliphatic rings. The van der Waals surface area contributed by atoms with Gasteiger partial charge in [0.1, 0.15) is 0 Å². The van der Waals surface area contributed by atoms with Gasteiger partial charge in [0.25, 0.3) is 5.91 Å². The van der Waals surface area contributed by atoms with Gasteiger partial charge in [-0.15, -0.1) is 0 Å². The molecule has 100 valence electrons. The molecule has 19 heavy (non-hydrogen) atoms. The molecule has 0 aromatic carbocycles. The quantitative estimate of drug-likeness (QED) is 0.879. The van der Waals surface area contributed by atoms with Crippen molar-refractivity contribution >= 4 is 5.91 Å². The van der Waals surface area contributed by atoms with Gasteiger partial charge in [-0.25, -0.2) is 0 Å². The Balaban J connectivity index is 2.21. The first kappa shape index (κ1) is 13.5. The van der Waals surface area contributed by atoms with Crippen molar-refractivity contribution in [3.63, 3.8) is 0 Å². The van der Waals surface area contributed by atoms with Gasteiger partial charge in [0.2, 0.25) is 0 Å². The summed E-state index contributed by atoms with van der Waals surface area (Å²) in [5.41, 5.74) is 1.22. The number of aliphatic hydroxyl groups excluding tert-OH is 1. The molecule has 5 nitrogen and oxygen atoms in total. The van der Waals surface area contributed by atoms with E-state index in [0.29, 0.717) is 30.6 Å². The number of pyridine rings is 1. The molecule has 1 amide bonds. The fourth-order valence-corrected chi connectivity index (χ4v) is 2.45. The highest BCUT2D eigenvalue weighted by molar-refractivity contribution is 5.95. The summed E-state index contributed by atoms with van der Waals surface area (Å²) in [6.45, 7) is 0.677. The molecular weight excluding hydrogens is 242 g/mol. The number of aryl methyl sites for hydroxylation is 1. The summed E-state index contributed by atoms with van der Waals surface area (Å²) < 4.78 is 0. The van der Waals surface area contributed by atoms with Crippen molar-refractivity contribution in [2.75, 3.05) is 13.2 Å². The molecule has 0 unspecified atom stereocenters. The Bertz CT molecular complexity index is 496. The van der Waals surface area contributed by atoms with Crippen LogP contribution in [0.3, 0.4) is 0 Å². The van der Waals surface area contributed by atoms with Crippen LogP contribution in [0.5, 0.6) is 0 Å². The Morgan fingerprint density at radius 3 is 3.21 bits per heavy atom. The number of nitriles is 1. The first-order valence-electron chi connectivity index (χ1n) is 6.50. The van der Waals surface area contributed by atoms with Crippen molar-refractivity contribution in [3.05, 3.63) is 29.6 Å². The lowest BCUT2D eigenvalue weighted by molar-refractivity contribution is 0.0676. The van der Waals surface area contributed by atoms with Crippen LogP contribution in [0.25, 0.3) is 0 Å². The summed E-state index contributed by atoms with van der Waals surface area (Å²) >= 11 is 0. The molecule has 0 radical (unpaired) electrons. The number of hydrogen-bond donors (Lipinski definition) is 1. The largest absolute Gasteiger partial charge is 0.394 e. The van der Waals surface area contributed by atoms with Crippen molar-refractivity contribution in [1.82, 2.24) is 9.88 Å². The van der Waals surface area contributed by atoms with Gasteiger partial charge in [-0.2, -0.15) is 5.26 Å². The summed E-state index contributed by atoms with van der Waals surface area (Å²) in [4.78, 5) is 18.4. The number of rotatable bonds is 4. The summed E-state index contributed by atoms with van der Waals surface area (Å²) in [5.74, 6) is -0.0856. The van der Waals surface area contributed by atoms with Crippen molar-refractivity contribution in [3.8, 4) is 6.07 Å². The van der Waals surface area contributed by atoms with E-state index in [1.807, 2.05) is 0 Å². The Kier molecular flexibility index (Phi) is 4.48. The van der Waals surface area contributed by atoms with Crippen LogP contribution >= 0.6 is 0 Å². The van der Waals surface area contributed by atoms with Crippen LogP contribution < -0.4 is 0 Å². The number of amides is 1. The lowest BCUT2D eigenvalue weighted by Gasteiger charge is -2.23. The summed E-state index contributed by atoms with van der Waals surface area (Å²) in [6, 6.07) is 5.45. The highest BCUT2D eigenvalue weighted by atomic mass is 16.3.